The van der Waals surface area contributed by atoms with Crippen LogP contribution < -0.4 is 4.72 Å². The number of rotatable bonds is 7. The lowest BCUT2D eigenvalue weighted by Gasteiger charge is -2.35. The largest absolute Gasteiger partial charge is 0.373 e. The van der Waals surface area contributed by atoms with Crippen LogP contribution >= 0.6 is 0 Å². The Hall–Kier alpha value is -0.170. The maximum atomic E-state index is 11.2. The number of hydrogen-bond donors (Lipinski definition) is 1. The maximum Gasteiger partial charge on any atom is 0.211 e. The number of morpholine rings is 1. The summed E-state index contributed by atoms with van der Waals surface area (Å²) in [7, 11) is -3.03. The highest BCUT2D eigenvalue weighted by Crippen LogP contribution is 2.11. The highest BCUT2D eigenvalue weighted by atomic mass is 32.2. The Bertz CT molecular complexity index is 322. The molecule has 5 nitrogen and oxygen atoms in total. The Morgan fingerprint density at radius 1 is 1.22 bits per heavy atom. The van der Waals surface area contributed by atoms with Gasteiger partial charge in [0.15, 0.2) is 0 Å². The molecule has 18 heavy (non-hydrogen) atoms. The summed E-state index contributed by atoms with van der Waals surface area (Å²) in [4.78, 5) is 2.40. The van der Waals surface area contributed by atoms with Crippen LogP contribution in [0.3, 0.4) is 0 Å². The van der Waals surface area contributed by atoms with Gasteiger partial charge < -0.3 is 4.74 Å². The van der Waals surface area contributed by atoms with Crippen molar-refractivity contribution < 1.29 is 13.2 Å². The van der Waals surface area contributed by atoms with Crippen LogP contribution in [0.15, 0.2) is 0 Å². The molecule has 0 radical (unpaired) electrons. The molecule has 1 N–H and O–H groups in total. The number of nitrogens with one attached hydrogen (secondary N) is 1. The van der Waals surface area contributed by atoms with Crippen molar-refractivity contribution in [2.45, 2.75) is 45.8 Å². The third-order valence-corrected chi connectivity index (χ3v) is 4.50. The van der Waals surface area contributed by atoms with Gasteiger partial charge >= 0.3 is 0 Å². The molecule has 0 aromatic heterocycles. The zero-order valence-electron chi connectivity index (χ0n) is 11.7. The highest BCUT2D eigenvalue weighted by Gasteiger charge is 2.21. The van der Waals surface area contributed by atoms with E-state index in [1.807, 2.05) is 0 Å². The lowest BCUT2D eigenvalue weighted by atomic mass is 10.2. The average Bonchev–Trinajstić information content (AvgIpc) is 2.27. The monoisotopic (exact) mass is 278 g/mol. The molecule has 0 amide bonds. The zero-order valence-corrected chi connectivity index (χ0v) is 12.5. The number of unbranched alkanes of at least 4 members (excludes halogenated alkanes) is 1. The normalized spacial score (nSPS) is 26.4. The molecule has 0 saturated carbocycles. The van der Waals surface area contributed by atoms with Gasteiger partial charge in [0.05, 0.1) is 18.0 Å². The SMILES string of the molecule is CCS(=O)(=O)NCCCCN1C[C@@H](C)O[C@@H](C)C1. The fourth-order valence-electron chi connectivity index (χ4n) is 2.26. The van der Waals surface area contributed by atoms with E-state index in [1.165, 1.54) is 0 Å². The number of ether oxygens (including phenoxy) is 1. The second-order valence-electron chi connectivity index (χ2n) is 5.02. The lowest BCUT2D eigenvalue weighted by molar-refractivity contribution is -0.0681. The van der Waals surface area contributed by atoms with E-state index in [2.05, 4.69) is 23.5 Å². The minimum Gasteiger partial charge on any atom is -0.373 e. The van der Waals surface area contributed by atoms with Gasteiger partial charge in [0.25, 0.3) is 0 Å². The van der Waals surface area contributed by atoms with E-state index in [0.717, 1.165) is 32.5 Å². The van der Waals surface area contributed by atoms with Crippen LogP contribution in [0.25, 0.3) is 0 Å². The van der Waals surface area contributed by atoms with E-state index in [4.69, 9.17) is 4.74 Å². The van der Waals surface area contributed by atoms with E-state index in [1.54, 1.807) is 6.92 Å². The van der Waals surface area contributed by atoms with Crippen LogP contribution in [0.2, 0.25) is 0 Å². The van der Waals surface area contributed by atoms with Crippen molar-refractivity contribution in [3.8, 4) is 0 Å². The topological polar surface area (TPSA) is 58.6 Å². The lowest BCUT2D eigenvalue weighted by Crippen LogP contribution is -2.45. The van der Waals surface area contributed by atoms with E-state index in [-0.39, 0.29) is 5.75 Å². The Labute approximate surface area is 111 Å². The van der Waals surface area contributed by atoms with E-state index >= 15 is 0 Å². The Morgan fingerprint density at radius 2 is 1.83 bits per heavy atom. The summed E-state index contributed by atoms with van der Waals surface area (Å²) in [5.74, 6) is 0.158. The minimum absolute atomic E-state index is 0.158. The van der Waals surface area contributed by atoms with Crippen LogP contribution in [0.5, 0.6) is 0 Å². The van der Waals surface area contributed by atoms with E-state index in [9.17, 15) is 8.42 Å². The predicted molar refractivity (Wildman–Crippen MR) is 73.1 cm³/mol. The predicted octanol–water partition coefficient (Wildman–Crippen LogP) is 0.815. The molecule has 0 unspecified atom stereocenters. The molecule has 0 aliphatic carbocycles. The first-order valence-electron chi connectivity index (χ1n) is 6.78. The Balaban J connectivity index is 2.11. The second-order valence-corrected chi connectivity index (χ2v) is 7.12. The number of hydrogen-bond acceptors (Lipinski definition) is 4. The van der Waals surface area contributed by atoms with E-state index in [0.29, 0.717) is 18.8 Å². The molecular formula is C12H26N2O3S. The van der Waals surface area contributed by atoms with Gasteiger partial charge in [-0.25, -0.2) is 13.1 Å². The van der Waals surface area contributed by atoms with Crippen molar-refractivity contribution in [1.29, 1.82) is 0 Å². The first-order valence-corrected chi connectivity index (χ1v) is 8.43. The molecule has 1 heterocycles. The molecule has 0 bridgehead atoms. The van der Waals surface area contributed by atoms with Crippen molar-refractivity contribution in [1.82, 2.24) is 9.62 Å². The van der Waals surface area contributed by atoms with Gasteiger partial charge in [-0.05, 0) is 40.2 Å². The van der Waals surface area contributed by atoms with Crippen LogP contribution in [-0.4, -0.2) is 57.5 Å². The fourth-order valence-corrected chi connectivity index (χ4v) is 2.92. The summed E-state index contributed by atoms with van der Waals surface area (Å²) in [6, 6.07) is 0. The van der Waals surface area contributed by atoms with E-state index < -0.39 is 10.0 Å². The number of nitrogens with zero attached hydrogens (tertiary/aromatic N) is 1. The van der Waals surface area contributed by atoms with Gasteiger partial charge in [-0.3, -0.25) is 4.90 Å². The van der Waals surface area contributed by atoms with Crippen LogP contribution in [0.1, 0.15) is 33.6 Å². The molecule has 1 saturated heterocycles. The first-order chi connectivity index (χ1) is 8.43. The zero-order chi connectivity index (χ0) is 13.6. The minimum atomic E-state index is -3.03. The number of sulfonamides is 1. The second kappa shape index (κ2) is 7.43. The van der Waals surface area contributed by atoms with Gasteiger partial charge in [-0.1, -0.05) is 0 Å². The molecule has 1 rings (SSSR count). The maximum absolute atomic E-state index is 11.2. The standard InChI is InChI=1S/C12H26N2O3S/c1-4-18(15,16)13-7-5-6-8-14-9-11(2)17-12(3)10-14/h11-13H,4-10H2,1-3H3/t11-,12+. The molecule has 2 atom stereocenters. The molecule has 1 fully saturated rings. The first kappa shape index (κ1) is 15.9. The quantitative estimate of drug-likeness (QED) is 0.700. The Morgan fingerprint density at radius 3 is 2.39 bits per heavy atom. The summed E-state index contributed by atoms with van der Waals surface area (Å²) >= 11 is 0. The molecular weight excluding hydrogens is 252 g/mol. The fraction of sp³-hybridized carbons (Fsp3) is 1.00. The van der Waals surface area contributed by atoms with Gasteiger partial charge in [-0.15, -0.1) is 0 Å². The summed E-state index contributed by atoms with van der Waals surface area (Å²) in [5, 5.41) is 0. The summed E-state index contributed by atoms with van der Waals surface area (Å²) in [6.45, 7) is 9.36. The average molecular weight is 278 g/mol. The summed E-state index contributed by atoms with van der Waals surface area (Å²) in [5.41, 5.74) is 0. The van der Waals surface area contributed by atoms with Crippen molar-refractivity contribution >= 4 is 10.0 Å². The molecule has 6 heteroatoms. The van der Waals surface area contributed by atoms with Gasteiger partial charge in [-0.2, -0.15) is 0 Å². The summed E-state index contributed by atoms with van der Waals surface area (Å²) in [6.07, 6.45) is 2.50. The molecule has 0 spiro atoms. The smallest absolute Gasteiger partial charge is 0.211 e. The summed E-state index contributed by atoms with van der Waals surface area (Å²) < 4.78 is 30.7. The van der Waals surface area contributed by atoms with Gasteiger partial charge in [0.2, 0.25) is 10.0 Å². The van der Waals surface area contributed by atoms with Crippen molar-refractivity contribution in [2.75, 3.05) is 31.9 Å². The van der Waals surface area contributed by atoms with Gasteiger partial charge in [0.1, 0.15) is 0 Å². The van der Waals surface area contributed by atoms with Crippen LogP contribution in [-0.2, 0) is 14.8 Å². The third-order valence-electron chi connectivity index (χ3n) is 3.10. The van der Waals surface area contributed by atoms with Crippen molar-refractivity contribution in [2.24, 2.45) is 0 Å². The highest BCUT2D eigenvalue weighted by molar-refractivity contribution is 7.89. The Kier molecular flexibility index (Phi) is 6.55. The molecule has 0 aromatic rings. The van der Waals surface area contributed by atoms with Crippen LogP contribution in [0.4, 0.5) is 0 Å². The van der Waals surface area contributed by atoms with Gasteiger partial charge in [0, 0.05) is 19.6 Å². The van der Waals surface area contributed by atoms with Crippen molar-refractivity contribution in [3.63, 3.8) is 0 Å². The third kappa shape index (κ3) is 6.13. The molecule has 0 aromatic carbocycles. The van der Waals surface area contributed by atoms with Crippen LogP contribution in [0, 0.1) is 0 Å². The molecule has 1 aliphatic rings. The molecule has 108 valence electrons. The molecule has 1 aliphatic heterocycles. The van der Waals surface area contributed by atoms with Crippen molar-refractivity contribution in [3.05, 3.63) is 0 Å².